The van der Waals surface area contributed by atoms with Crippen LogP contribution in [0.4, 0.5) is 0 Å². The topological polar surface area (TPSA) is 79.9 Å². The Hall–Kier alpha value is -2.02. The Labute approximate surface area is 158 Å². The molecule has 2 aromatic rings. The standard InChI is InChI=1S/C19H26N4O2S/c1-13-5-3-4-6-16(13)20-18(24)12-26-19-21-17(22-23-19)11-14-7-9-15(25-2)10-8-14/h7-10,13,16H,3-6,11-12H2,1-2H3,(H,20,24)(H,21,22,23). The Balaban J connectivity index is 1.46. The van der Waals surface area contributed by atoms with E-state index < -0.39 is 0 Å². The summed E-state index contributed by atoms with van der Waals surface area (Å²) in [6.45, 7) is 2.22. The molecule has 3 rings (SSSR count). The van der Waals surface area contributed by atoms with E-state index in [1.807, 2.05) is 24.3 Å². The second-order valence-corrected chi connectivity index (χ2v) is 7.76. The molecule has 0 spiro atoms. The number of benzene rings is 1. The zero-order chi connectivity index (χ0) is 18.4. The molecule has 0 radical (unpaired) electrons. The van der Waals surface area contributed by atoms with Crippen LogP contribution in [0.5, 0.6) is 5.75 Å². The van der Waals surface area contributed by atoms with Gasteiger partial charge in [-0.2, -0.15) is 0 Å². The molecule has 1 saturated carbocycles. The highest BCUT2D eigenvalue weighted by molar-refractivity contribution is 7.99. The lowest BCUT2D eigenvalue weighted by molar-refractivity contribution is -0.119. The van der Waals surface area contributed by atoms with Crippen LogP contribution in [0.1, 0.15) is 44.0 Å². The van der Waals surface area contributed by atoms with Crippen LogP contribution in [0.15, 0.2) is 29.4 Å². The van der Waals surface area contributed by atoms with Crippen molar-refractivity contribution in [2.45, 2.75) is 50.2 Å². The van der Waals surface area contributed by atoms with E-state index in [2.05, 4.69) is 27.4 Å². The minimum atomic E-state index is 0.0651. The van der Waals surface area contributed by atoms with Crippen molar-refractivity contribution in [1.29, 1.82) is 0 Å². The molecule has 0 saturated heterocycles. The molecule has 26 heavy (non-hydrogen) atoms. The lowest BCUT2D eigenvalue weighted by atomic mass is 9.86. The van der Waals surface area contributed by atoms with Gasteiger partial charge in [0.2, 0.25) is 11.1 Å². The van der Waals surface area contributed by atoms with E-state index in [1.54, 1.807) is 7.11 Å². The van der Waals surface area contributed by atoms with Crippen molar-refractivity contribution in [3.8, 4) is 5.75 Å². The Morgan fingerprint density at radius 2 is 2.08 bits per heavy atom. The fourth-order valence-corrected chi connectivity index (χ4v) is 3.90. The summed E-state index contributed by atoms with van der Waals surface area (Å²) >= 11 is 1.37. The average molecular weight is 375 g/mol. The summed E-state index contributed by atoms with van der Waals surface area (Å²) in [6.07, 6.45) is 5.44. The minimum absolute atomic E-state index is 0.0651. The van der Waals surface area contributed by atoms with Crippen LogP contribution in [-0.4, -0.2) is 40.0 Å². The van der Waals surface area contributed by atoms with Crippen molar-refractivity contribution in [3.05, 3.63) is 35.7 Å². The summed E-state index contributed by atoms with van der Waals surface area (Å²) in [4.78, 5) is 16.6. The maximum absolute atomic E-state index is 12.2. The second-order valence-electron chi connectivity index (χ2n) is 6.81. The van der Waals surface area contributed by atoms with Crippen molar-refractivity contribution < 1.29 is 9.53 Å². The van der Waals surface area contributed by atoms with Crippen molar-refractivity contribution in [2.75, 3.05) is 12.9 Å². The quantitative estimate of drug-likeness (QED) is 0.728. The molecule has 1 aromatic carbocycles. The van der Waals surface area contributed by atoms with Crippen molar-refractivity contribution in [1.82, 2.24) is 20.5 Å². The zero-order valence-corrected chi connectivity index (χ0v) is 16.1. The number of aromatic nitrogens is 3. The van der Waals surface area contributed by atoms with Crippen LogP contribution >= 0.6 is 11.8 Å². The van der Waals surface area contributed by atoms with Crippen molar-refractivity contribution >= 4 is 17.7 Å². The van der Waals surface area contributed by atoms with Crippen molar-refractivity contribution in [3.63, 3.8) is 0 Å². The molecule has 1 fully saturated rings. The van der Waals surface area contributed by atoms with Gasteiger partial charge in [0.15, 0.2) is 0 Å². The molecular formula is C19H26N4O2S. The average Bonchev–Trinajstić information content (AvgIpc) is 3.10. The molecule has 1 amide bonds. The molecule has 6 nitrogen and oxygen atoms in total. The fourth-order valence-electron chi connectivity index (χ4n) is 3.27. The summed E-state index contributed by atoms with van der Waals surface area (Å²) in [7, 11) is 1.65. The maximum atomic E-state index is 12.2. The highest BCUT2D eigenvalue weighted by Crippen LogP contribution is 2.24. The van der Waals surface area contributed by atoms with Gasteiger partial charge in [0, 0.05) is 12.5 Å². The van der Waals surface area contributed by atoms with Gasteiger partial charge in [-0.3, -0.25) is 9.89 Å². The SMILES string of the molecule is COc1ccc(Cc2nc(SCC(=O)NC3CCCCC3C)n[nH]2)cc1. The third-order valence-electron chi connectivity index (χ3n) is 4.83. The molecule has 2 atom stereocenters. The molecule has 1 aliphatic rings. The number of ether oxygens (including phenoxy) is 1. The maximum Gasteiger partial charge on any atom is 0.230 e. The van der Waals surface area contributed by atoms with Crippen LogP contribution < -0.4 is 10.1 Å². The number of hydrogen-bond acceptors (Lipinski definition) is 5. The van der Waals surface area contributed by atoms with Gasteiger partial charge >= 0.3 is 0 Å². The number of rotatable bonds is 7. The number of aromatic amines is 1. The van der Waals surface area contributed by atoms with Gasteiger partial charge in [-0.25, -0.2) is 4.98 Å². The van der Waals surface area contributed by atoms with Crippen LogP contribution in [0.3, 0.4) is 0 Å². The summed E-state index contributed by atoms with van der Waals surface area (Å²) < 4.78 is 5.16. The van der Waals surface area contributed by atoms with E-state index in [4.69, 9.17) is 4.74 Å². The van der Waals surface area contributed by atoms with E-state index in [9.17, 15) is 4.79 Å². The molecule has 0 aliphatic heterocycles. The minimum Gasteiger partial charge on any atom is -0.497 e. The molecule has 1 aromatic heterocycles. The molecule has 2 N–H and O–H groups in total. The number of nitrogens with zero attached hydrogens (tertiary/aromatic N) is 2. The Bertz CT molecular complexity index is 717. The summed E-state index contributed by atoms with van der Waals surface area (Å²) in [5, 5.41) is 10.9. The van der Waals surface area contributed by atoms with E-state index in [-0.39, 0.29) is 5.91 Å². The third-order valence-corrected chi connectivity index (χ3v) is 5.68. The molecule has 1 heterocycles. The highest BCUT2D eigenvalue weighted by atomic mass is 32.2. The predicted octanol–water partition coefficient (Wildman–Crippen LogP) is 3.19. The van der Waals surface area contributed by atoms with Crippen molar-refractivity contribution in [2.24, 2.45) is 5.92 Å². The summed E-state index contributed by atoms with van der Waals surface area (Å²) in [5.41, 5.74) is 1.13. The molecular weight excluding hydrogens is 348 g/mol. The number of H-pyrrole nitrogens is 1. The Kier molecular flexibility index (Phi) is 6.55. The van der Waals surface area contributed by atoms with Crippen LogP contribution in [-0.2, 0) is 11.2 Å². The number of carbonyl (C=O) groups is 1. The highest BCUT2D eigenvalue weighted by Gasteiger charge is 2.22. The molecule has 140 valence electrons. The number of carbonyl (C=O) groups excluding carboxylic acids is 1. The number of thioether (sulfide) groups is 1. The number of nitrogens with one attached hydrogen (secondary N) is 2. The number of hydrogen-bond donors (Lipinski definition) is 2. The van der Waals surface area contributed by atoms with E-state index in [0.29, 0.717) is 29.3 Å². The molecule has 0 bridgehead atoms. The van der Waals surface area contributed by atoms with Crippen LogP contribution in [0, 0.1) is 5.92 Å². The number of methoxy groups -OCH3 is 1. The summed E-state index contributed by atoms with van der Waals surface area (Å²) in [6, 6.07) is 8.19. The summed E-state index contributed by atoms with van der Waals surface area (Å²) in [5.74, 6) is 2.61. The first-order valence-corrected chi connectivity index (χ1v) is 10.1. The van der Waals surface area contributed by atoms with E-state index in [0.717, 1.165) is 23.6 Å². The van der Waals surface area contributed by atoms with Gasteiger partial charge < -0.3 is 10.1 Å². The lowest BCUT2D eigenvalue weighted by Crippen LogP contribution is -2.41. The zero-order valence-electron chi connectivity index (χ0n) is 15.3. The smallest absolute Gasteiger partial charge is 0.230 e. The lowest BCUT2D eigenvalue weighted by Gasteiger charge is -2.29. The monoisotopic (exact) mass is 374 g/mol. The Morgan fingerprint density at radius 3 is 2.81 bits per heavy atom. The van der Waals surface area contributed by atoms with Gasteiger partial charge in [-0.15, -0.1) is 5.10 Å². The van der Waals surface area contributed by atoms with Gasteiger partial charge in [0.25, 0.3) is 0 Å². The molecule has 7 heteroatoms. The van der Waals surface area contributed by atoms with Crippen LogP contribution in [0.2, 0.25) is 0 Å². The van der Waals surface area contributed by atoms with Gasteiger partial charge in [-0.1, -0.05) is 43.7 Å². The molecule has 1 aliphatic carbocycles. The van der Waals surface area contributed by atoms with Crippen LogP contribution in [0.25, 0.3) is 0 Å². The largest absolute Gasteiger partial charge is 0.497 e. The number of amides is 1. The first kappa shape index (κ1) is 18.8. The normalized spacial score (nSPS) is 19.9. The first-order chi connectivity index (χ1) is 12.6. The molecule has 2 unspecified atom stereocenters. The second kappa shape index (κ2) is 9.07. The first-order valence-electron chi connectivity index (χ1n) is 9.10. The third kappa shape index (κ3) is 5.24. The predicted molar refractivity (Wildman–Crippen MR) is 102 cm³/mol. The van der Waals surface area contributed by atoms with E-state index >= 15 is 0 Å². The van der Waals surface area contributed by atoms with Gasteiger partial charge in [-0.05, 0) is 36.5 Å². The van der Waals surface area contributed by atoms with E-state index in [1.165, 1.54) is 31.0 Å². The fraction of sp³-hybridized carbons (Fsp3) is 0.526. The Morgan fingerprint density at radius 1 is 1.31 bits per heavy atom. The van der Waals surface area contributed by atoms with Gasteiger partial charge in [0.1, 0.15) is 11.6 Å². The van der Waals surface area contributed by atoms with Gasteiger partial charge in [0.05, 0.1) is 12.9 Å².